The zero-order valence-electron chi connectivity index (χ0n) is 11.3. The van der Waals surface area contributed by atoms with E-state index < -0.39 is 0 Å². The molecule has 1 nitrogen and oxygen atoms in total. The lowest BCUT2D eigenvalue weighted by Gasteiger charge is -2.05. The van der Waals surface area contributed by atoms with Crippen LogP contribution in [-0.2, 0) is 0 Å². The molecular formula is C19H13BrO. The fourth-order valence-electron chi connectivity index (χ4n) is 2.24. The molecule has 0 N–H and O–H groups in total. The van der Waals surface area contributed by atoms with Crippen molar-refractivity contribution in [2.45, 2.75) is 0 Å². The highest BCUT2D eigenvalue weighted by Gasteiger charge is 2.09. The molecule has 3 aromatic carbocycles. The summed E-state index contributed by atoms with van der Waals surface area (Å²) in [5, 5.41) is 0. The molecule has 0 heterocycles. The first-order valence-corrected chi connectivity index (χ1v) is 7.49. The second-order valence-electron chi connectivity index (χ2n) is 4.78. The van der Waals surface area contributed by atoms with E-state index in [4.69, 9.17) is 0 Å². The molecule has 3 rings (SSSR count). The molecule has 0 saturated heterocycles. The fourth-order valence-corrected chi connectivity index (χ4v) is 2.64. The molecule has 2 heteroatoms. The summed E-state index contributed by atoms with van der Waals surface area (Å²) >= 11 is 3.39. The first-order chi connectivity index (χ1) is 10.2. The van der Waals surface area contributed by atoms with Crippen molar-refractivity contribution in [3.05, 3.63) is 94.5 Å². The van der Waals surface area contributed by atoms with Crippen molar-refractivity contribution < 1.29 is 4.79 Å². The third kappa shape index (κ3) is 3.11. The average molecular weight is 337 g/mol. The molecular weight excluding hydrogens is 324 g/mol. The number of hydrogen-bond donors (Lipinski definition) is 0. The van der Waals surface area contributed by atoms with E-state index in [1.54, 1.807) is 0 Å². The van der Waals surface area contributed by atoms with Gasteiger partial charge in [-0.05, 0) is 23.3 Å². The minimum absolute atomic E-state index is 0.0379. The molecule has 0 aliphatic carbocycles. The highest BCUT2D eigenvalue weighted by atomic mass is 79.9. The smallest absolute Gasteiger partial charge is 0.193 e. The summed E-state index contributed by atoms with van der Waals surface area (Å²) in [5.74, 6) is 0.0379. The zero-order valence-corrected chi connectivity index (χ0v) is 12.9. The Kier molecular flexibility index (Phi) is 3.98. The van der Waals surface area contributed by atoms with Gasteiger partial charge >= 0.3 is 0 Å². The molecule has 102 valence electrons. The van der Waals surface area contributed by atoms with Crippen molar-refractivity contribution in [2.75, 3.05) is 0 Å². The Morgan fingerprint density at radius 3 is 2.00 bits per heavy atom. The maximum atomic E-state index is 12.4. The molecule has 21 heavy (non-hydrogen) atoms. The molecule has 0 aliphatic heterocycles. The standard InChI is InChI=1S/C19H13BrO/c20-18-8-4-7-17(13-18)19(21)16-11-9-15(10-12-16)14-5-2-1-3-6-14/h1-13H. The lowest BCUT2D eigenvalue weighted by Crippen LogP contribution is -2.00. The normalized spacial score (nSPS) is 10.3. The highest BCUT2D eigenvalue weighted by molar-refractivity contribution is 9.10. The van der Waals surface area contributed by atoms with Crippen LogP contribution in [0, 0.1) is 0 Å². The van der Waals surface area contributed by atoms with Gasteiger partial charge in [0.05, 0.1) is 0 Å². The Bertz CT molecular complexity index is 761. The van der Waals surface area contributed by atoms with Crippen molar-refractivity contribution in [2.24, 2.45) is 0 Å². The second kappa shape index (κ2) is 6.06. The van der Waals surface area contributed by atoms with Gasteiger partial charge in [0.1, 0.15) is 0 Å². The molecule has 0 fully saturated rings. The van der Waals surface area contributed by atoms with Gasteiger partial charge in [-0.15, -0.1) is 0 Å². The Morgan fingerprint density at radius 2 is 1.33 bits per heavy atom. The molecule has 0 saturated carbocycles. The van der Waals surface area contributed by atoms with Crippen molar-refractivity contribution in [3.63, 3.8) is 0 Å². The molecule has 3 aromatic rings. The van der Waals surface area contributed by atoms with Gasteiger partial charge in [-0.1, -0.05) is 82.7 Å². The van der Waals surface area contributed by atoms with E-state index in [9.17, 15) is 4.79 Å². The number of benzene rings is 3. The molecule has 0 aliphatic rings. The number of ketones is 1. The van der Waals surface area contributed by atoms with E-state index in [1.165, 1.54) is 0 Å². The van der Waals surface area contributed by atoms with E-state index in [-0.39, 0.29) is 5.78 Å². The van der Waals surface area contributed by atoms with Gasteiger partial charge in [-0.2, -0.15) is 0 Å². The van der Waals surface area contributed by atoms with Gasteiger partial charge in [-0.25, -0.2) is 0 Å². The van der Waals surface area contributed by atoms with E-state index in [0.717, 1.165) is 15.6 Å². The minimum Gasteiger partial charge on any atom is -0.289 e. The van der Waals surface area contributed by atoms with Gasteiger partial charge in [0.25, 0.3) is 0 Å². The number of halogens is 1. The number of hydrogen-bond acceptors (Lipinski definition) is 1. The Hall–Kier alpha value is -2.19. The molecule has 0 unspecified atom stereocenters. The number of carbonyl (C=O) groups excluding carboxylic acids is 1. The Labute approximate surface area is 132 Å². The van der Waals surface area contributed by atoms with E-state index in [0.29, 0.717) is 11.1 Å². The predicted molar refractivity (Wildman–Crippen MR) is 89.5 cm³/mol. The summed E-state index contributed by atoms with van der Waals surface area (Å²) in [6, 6.07) is 25.3. The second-order valence-corrected chi connectivity index (χ2v) is 5.70. The number of carbonyl (C=O) groups is 1. The highest BCUT2D eigenvalue weighted by Crippen LogP contribution is 2.21. The van der Waals surface area contributed by atoms with Gasteiger partial charge < -0.3 is 0 Å². The Morgan fingerprint density at radius 1 is 0.667 bits per heavy atom. The molecule has 0 amide bonds. The molecule has 0 spiro atoms. The lowest BCUT2D eigenvalue weighted by atomic mass is 9.99. The van der Waals surface area contributed by atoms with Crippen LogP contribution in [0.5, 0.6) is 0 Å². The quantitative estimate of drug-likeness (QED) is 0.589. The average Bonchev–Trinajstić information content (AvgIpc) is 2.55. The summed E-state index contributed by atoms with van der Waals surface area (Å²) in [5.41, 5.74) is 3.66. The lowest BCUT2D eigenvalue weighted by molar-refractivity contribution is 0.103. The van der Waals surface area contributed by atoms with Crippen molar-refractivity contribution in [1.29, 1.82) is 0 Å². The molecule has 0 radical (unpaired) electrons. The summed E-state index contributed by atoms with van der Waals surface area (Å²) < 4.78 is 0.911. The Balaban J connectivity index is 1.89. The van der Waals surface area contributed by atoms with Crippen LogP contribution in [0.25, 0.3) is 11.1 Å². The van der Waals surface area contributed by atoms with Crippen LogP contribution in [0.3, 0.4) is 0 Å². The maximum absolute atomic E-state index is 12.4. The minimum atomic E-state index is 0.0379. The topological polar surface area (TPSA) is 17.1 Å². The van der Waals surface area contributed by atoms with Gasteiger partial charge in [0.2, 0.25) is 0 Å². The third-order valence-corrected chi connectivity index (χ3v) is 3.83. The van der Waals surface area contributed by atoms with E-state index >= 15 is 0 Å². The summed E-state index contributed by atoms with van der Waals surface area (Å²) in [6.45, 7) is 0. The largest absolute Gasteiger partial charge is 0.289 e. The first kappa shape index (κ1) is 13.8. The number of rotatable bonds is 3. The molecule has 0 atom stereocenters. The van der Waals surface area contributed by atoms with Crippen LogP contribution in [0.1, 0.15) is 15.9 Å². The fraction of sp³-hybridized carbons (Fsp3) is 0. The monoisotopic (exact) mass is 336 g/mol. The van der Waals surface area contributed by atoms with E-state index in [1.807, 2.05) is 66.7 Å². The van der Waals surface area contributed by atoms with Crippen LogP contribution < -0.4 is 0 Å². The summed E-state index contributed by atoms with van der Waals surface area (Å²) in [4.78, 5) is 12.4. The van der Waals surface area contributed by atoms with Crippen LogP contribution >= 0.6 is 15.9 Å². The van der Waals surface area contributed by atoms with Crippen molar-refractivity contribution in [1.82, 2.24) is 0 Å². The predicted octanol–water partition coefficient (Wildman–Crippen LogP) is 5.35. The third-order valence-electron chi connectivity index (χ3n) is 3.34. The molecule has 0 aromatic heterocycles. The molecule has 0 bridgehead atoms. The van der Waals surface area contributed by atoms with Crippen molar-refractivity contribution in [3.8, 4) is 11.1 Å². The summed E-state index contributed by atoms with van der Waals surface area (Å²) in [6.07, 6.45) is 0. The summed E-state index contributed by atoms with van der Waals surface area (Å²) in [7, 11) is 0. The van der Waals surface area contributed by atoms with Crippen LogP contribution in [0.2, 0.25) is 0 Å². The van der Waals surface area contributed by atoms with Crippen LogP contribution in [0.15, 0.2) is 83.3 Å². The van der Waals surface area contributed by atoms with E-state index in [2.05, 4.69) is 28.1 Å². The van der Waals surface area contributed by atoms with Crippen molar-refractivity contribution >= 4 is 21.7 Å². The van der Waals surface area contributed by atoms with Gasteiger partial charge in [0.15, 0.2) is 5.78 Å². The zero-order chi connectivity index (χ0) is 14.7. The van der Waals surface area contributed by atoms with Crippen LogP contribution in [0.4, 0.5) is 0 Å². The SMILES string of the molecule is O=C(c1ccc(-c2ccccc2)cc1)c1cccc(Br)c1. The first-order valence-electron chi connectivity index (χ1n) is 6.70. The van der Waals surface area contributed by atoms with Gasteiger partial charge in [-0.3, -0.25) is 4.79 Å². The maximum Gasteiger partial charge on any atom is 0.193 e. The van der Waals surface area contributed by atoms with Gasteiger partial charge in [0, 0.05) is 15.6 Å². The van der Waals surface area contributed by atoms with Crippen LogP contribution in [-0.4, -0.2) is 5.78 Å².